The van der Waals surface area contributed by atoms with Crippen molar-refractivity contribution >= 4 is 11.9 Å². The van der Waals surface area contributed by atoms with Crippen LogP contribution in [0.25, 0.3) is 0 Å². The highest BCUT2D eigenvalue weighted by Crippen LogP contribution is 2.25. The number of piperazine rings is 1. The first-order valence-electron chi connectivity index (χ1n) is 9.68. The summed E-state index contributed by atoms with van der Waals surface area (Å²) in [4.78, 5) is 32.4. The molecule has 28 heavy (non-hydrogen) atoms. The van der Waals surface area contributed by atoms with Crippen molar-refractivity contribution in [1.82, 2.24) is 20.1 Å². The zero-order valence-corrected chi connectivity index (χ0v) is 15.8. The lowest BCUT2D eigenvalue weighted by atomic mass is 10.1. The zero-order valence-electron chi connectivity index (χ0n) is 15.8. The van der Waals surface area contributed by atoms with Crippen molar-refractivity contribution in [1.29, 1.82) is 0 Å². The fourth-order valence-electron chi connectivity index (χ4n) is 3.58. The molecule has 7 nitrogen and oxygen atoms in total. The van der Waals surface area contributed by atoms with Gasteiger partial charge in [0, 0.05) is 45.3 Å². The first-order chi connectivity index (χ1) is 13.7. The predicted octanol–water partition coefficient (Wildman–Crippen LogP) is 1.73. The van der Waals surface area contributed by atoms with Gasteiger partial charge in [-0.3, -0.25) is 9.78 Å². The fourth-order valence-corrected chi connectivity index (χ4v) is 3.58. The van der Waals surface area contributed by atoms with E-state index in [4.69, 9.17) is 4.74 Å². The molecular formula is C21H24N4O3. The van der Waals surface area contributed by atoms with Crippen LogP contribution in [0.2, 0.25) is 0 Å². The highest BCUT2D eigenvalue weighted by Gasteiger charge is 2.25. The number of fused-ring (bicyclic) bond motifs is 1. The van der Waals surface area contributed by atoms with Crippen molar-refractivity contribution in [3.63, 3.8) is 0 Å². The molecule has 1 aromatic carbocycles. The molecule has 0 bridgehead atoms. The van der Waals surface area contributed by atoms with Crippen molar-refractivity contribution in [2.24, 2.45) is 0 Å². The van der Waals surface area contributed by atoms with Gasteiger partial charge in [-0.1, -0.05) is 18.2 Å². The molecule has 0 atom stereocenters. The van der Waals surface area contributed by atoms with E-state index in [-0.39, 0.29) is 11.9 Å². The average molecular weight is 380 g/mol. The number of carbonyl (C=O) groups excluding carboxylic acids is 2. The summed E-state index contributed by atoms with van der Waals surface area (Å²) >= 11 is 0. The Kier molecular flexibility index (Phi) is 5.41. The molecule has 0 radical (unpaired) electrons. The summed E-state index contributed by atoms with van der Waals surface area (Å²) in [5.74, 6) is 0.896. The van der Waals surface area contributed by atoms with E-state index in [9.17, 15) is 9.59 Å². The van der Waals surface area contributed by atoms with E-state index in [0.717, 1.165) is 25.2 Å². The van der Waals surface area contributed by atoms with Crippen LogP contribution in [0.3, 0.4) is 0 Å². The Hall–Kier alpha value is -3.09. The van der Waals surface area contributed by atoms with E-state index >= 15 is 0 Å². The number of ether oxygens (including phenoxy) is 1. The number of urea groups is 1. The second-order valence-electron chi connectivity index (χ2n) is 7.02. The number of benzene rings is 1. The summed E-state index contributed by atoms with van der Waals surface area (Å²) in [5, 5.41) is 2.98. The fraction of sp³-hybridized carbons (Fsp3) is 0.381. The van der Waals surface area contributed by atoms with Crippen LogP contribution in [0.1, 0.15) is 21.6 Å². The number of hydrogen-bond acceptors (Lipinski definition) is 4. The van der Waals surface area contributed by atoms with Crippen LogP contribution < -0.4 is 10.1 Å². The summed E-state index contributed by atoms with van der Waals surface area (Å²) in [6.07, 6.45) is 3.36. The number of rotatable bonds is 4. The van der Waals surface area contributed by atoms with Crippen LogP contribution in [-0.2, 0) is 12.8 Å². The van der Waals surface area contributed by atoms with Gasteiger partial charge in [0.05, 0.1) is 6.61 Å². The SMILES string of the molecule is O=C(NCCc1ccc2c(c1)CCO2)N1CCN(C(=O)c2ccccn2)CC1. The van der Waals surface area contributed by atoms with E-state index < -0.39 is 0 Å². The van der Waals surface area contributed by atoms with Crippen molar-refractivity contribution in [3.05, 3.63) is 59.4 Å². The minimum atomic E-state index is -0.0822. The molecule has 1 aromatic heterocycles. The maximum atomic E-state index is 12.4. The number of pyridine rings is 1. The Morgan fingerprint density at radius 2 is 1.89 bits per heavy atom. The summed E-state index contributed by atoms with van der Waals surface area (Å²) in [6, 6.07) is 11.5. The molecule has 2 aliphatic rings. The molecule has 1 fully saturated rings. The Bertz CT molecular complexity index is 848. The lowest BCUT2D eigenvalue weighted by Gasteiger charge is -2.34. The minimum Gasteiger partial charge on any atom is -0.493 e. The third-order valence-corrected chi connectivity index (χ3v) is 5.18. The van der Waals surface area contributed by atoms with Crippen LogP contribution in [0.4, 0.5) is 4.79 Å². The number of hydrogen-bond donors (Lipinski definition) is 1. The van der Waals surface area contributed by atoms with Crippen LogP contribution in [0.5, 0.6) is 5.75 Å². The van der Waals surface area contributed by atoms with Crippen molar-refractivity contribution in [3.8, 4) is 5.75 Å². The standard InChI is InChI=1S/C21H24N4O3/c26-20(18-3-1-2-8-22-18)24-10-12-25(13-11-24)21(27)23-9-6-16-4-5-19-17(15-16)7-14-28-19/h1-5,8,15H,6-7,9-14H2,(H,23,27). The van der Waals surface area contributed by atoms with Gasteiger partial charge < -0.3 is 19.9 Å². The molecule has 3 heterocycles. The highest BCUT2D eigenvalue weighted by molar-refractivity contribution is 5.92. The van der Waals surface area contributed by atoms with Gasteiger partial charge in [-0.05, 0) is 35.7 Å². The maximum absolute atomic E-state index is 12.4. The normalized spacial score (nSPS) is 15.7. The lowest BCUT2D eigenvalue weighted by molar-refractivity contribution is 0.0659. The molecule has 146 valence electrons. The van der Waals surface area contributed by atoms with E-state index in [1.165, 1.54) is 11.1 Å². The summed E-state index contributed by atoms with van der Waals surface area (Å²) in [7, 11) is 0. The van der Waals surface area contributed by atoms with Gasteiger partial charge >= 0.3 is 6.03 Å². The molecule has 0 spiro atoms. The van der Waals surface area contributed by atoms with Gasteiger partial charge in [0.15, 0.2) is 0 Å². The molecule has 0 aliphatic carbocycles. The topological polar surface area (TPSA) is 74.8 Å². The summed E-state index contributed by atoms with van der Waals surface area (Å²) in [6.45, 7) is 3.44. The van der Waals surface area contributed by atoms with Gasteiger partial charge in [-0.25, -0.2) is 4.79 Å². The van der Waals surface area contributed by atoms with Gasteiger partial charge in [0.25, 0.3) is 5.91 Å². The first-order valence-corrected chi connectivity index (χ1v) is 9.68. The number of aromatic nitrogens is 1. The largest absolute Gasteiger partial charge is 0.493 e. The first kappa shape index (κ1) is 18.3. The molecule has 1 saturated heterocycles. The Morgan fingerprint density at radius 3 is 2.68 bits per heavy atom. The van der Waals surface area contributed by atoms with Gasteiger partial charge in [-0.15, -0.1) is 0 Å². The molecule has 1 N–H and O–H groups in total. The molecule has 2 aromatic rings. The van der Waals surface area contributed by atoms with E-state index in [0.29, 0.717) is 38.4 Å². The third kappa shape index (κ3) is 4.08. The summed E-state index contributed by atoms with van der Waals surface area (Å²) in [5.41, 5.74) is 2.90. The molecule has 3 amide bonds. The van der Waals surface area contributed by atoms with Crippen LogP contribution in [0, 0.1) is 0 Å². The van der Waals surface area contributed by atoms with Crippen LogP contribution in [0.15, 0.2) is 42.6 Å². The second-order valence-corrected chi connectivity index (χ2v) is 7.02. The Balaban J connectivity index is 1.21. The van der Waals surface area contributed by atoms with Crippen molar-refractivity contribution < 1.29 is 14.3 Å². The summed E-state index contributed by atoms with van der Waals surface area (Å²) < 4.78 is 5.52. The maximum Gasteiger partial charge on any atom is 0.317 e. The number of amides is 3. The molecule has 0 saturated carbocycles. The van der Waals surface area contributed by atoms with Gasteiger partial charge in [0.2, 0.25) is 0 Å². The zero-order chi connectivity index (χ0) is 19.3. The van der Waals surface area contributed by atoms with E-state index in [1.807, 2.05) is 6.07 Å². The van der Waals surface area contributed by atoms with Gasteiger partial charge in [-0.2, -0.15) is 0 Å². The van der Waals surface area contributed by atoms with Crippen LogP contribution in [-0.4, -0.2) is 66.1 Å². The highest BCUT2D eigenvalue weighted by atomic mass is 16.5. The molecule has 2 aliphatic heterocycles. The Labute approximate surface area is 164 Å². The van der Waals surface area contributed by atoms with E-state index in [1.54, 1.807) is 34.2 Å². The molecular weight excluding hydrogens is 356 g/mol. The predicted molar refractivity (Wildman–Crippen MR) is 104 cm³/mol. The Morgan fingerprint density at radius 1 is 1.07 bits per heavy atom. The number of nitrogens with one attached hydrogen (secondary N) is 1. The van der Waals surface area contributed by atoms with Crippen LogP contribution >= 0.6 is 0 Å². The number of nitrogens with zero attached hydrogens (tertiary/aromatic N) is 3. The molecule has 7 heteroatoms. The molecule has 0 unspecified atom stereocenters. The van der Waals surface area contributed by atoms with Crippen molar-refractivity contribution in [2.75, 3.05) is 39.3 Å². The monoisotopic (exact) mass is 380 g/mol. The van der Waals surface area contributed by atoms with E-state index in [2.05, 4.69) is 22.4 Å². The number of carbonyl (C=O) groups is 2. The quantitative estimate of drug-likeness (QED) is 0.877. The average Bonchev–Trinajstić information content (AvgIpc) is 3.22. The minimum absolute atomic E-state index is 0.0746. The third-order valence-electron chi connectivity index (χ3n) is 5.18. The second kappa shape index (κ2) is 8.29. The molecule has 4 rings (SSSR count). The van der Waals surface area contributed by atoms with Gasteiger partial charge in [0.1, 0.15) is 11.4 Å². The lowest BCUT2D eigenvalue weighted by Crippen LogP contribution is -2.53. The smallest absolute Gasteiger partial charge is 0.317 e. The van der Waals surface area contributed by atoms with Crippen molar-refractivity contribution in [2.45, 2.75) is 12.8 Å².